The molecule has 1 saturated heterocycles. The van der Waals surface area contributed by atoms with Gasteiger partial charge in [-0.25, -0.2) is 0 Å². The molecule has 2 amide bonds. The fraction of sp³-hybridized carbons (Fsp3) is 0.619. The maximum Gasteiger partial charge on any atom is 0.227 e. The monoisotopic (exact) mass is 358 g/mol. The maximum absolute atomic E-state index is 12.7. The zero-order valence-electron chi connectivity index (χ0n) is 16.2. The molecular weight excluding hydrogens is 328 g/mol. The molecule has 2 aliphatic rings. The Morgan fingerprint density at radius 2 is 1.85 bits per heavy atom. The van der Waals surface area contributed by atoms with Crippen LogP contribution in [0.3, 0.4) is 0 Å². The fourth-order valence-electron chi connectivity index (χ4n) is 4.20. The van der Waals surface area contributed by atoms with E-state index in [1.54, 1.807) is 11.9 Å². The maximum atomic E-state index is 12.7. The van der Waals surface area contributed by atoms with Gasteiger partial charge in [0.15, 0.2) is 0 Å². The van der Waals surface area contributed by atoms with Crippen molar-refractivity contribution < 1.29 is 14.3 Å². The number of rotatable bonds is 6. The summed E-state index contributed by atoms with van der Waals surface area (Å²) in [6.45, 7) is 5.66. The number of hydrogen-bond donors (Lipinski definition) is 0. The van der Waals surface area contributed by atoms with Gasteiger partial charge in [-0.05, 0) is 49.9 Å². The van der Waals surface area contributed by atoms with E-state index in [4.69, 9.17) is 4.74 Å². The van der Waals surface area contributed by atoms with Gasteiger partial charge >= 0.3 is 0 Å². The first-order valence-electron chi connectivity index (χ1n) is 9.69. The average Bonchev–Trinajstić information content (AvgIpc) is 3.22. The van der Waals surface area contributed by atoms with Crippen molar-refractivity contribution >= 4 is 11.8 Å². The number of carbonyl (C=O) groups is 2. The van der Waals surface area contributed by atoms with Crippen molar-refractivity contribution in [1.82, 2.24) is 9.80 Å². The molecule has 0 bridgehead atoms. The van der Waals surface area contributed by atoms with Crippen molar-refractivity contribution in [1.29, 1.82) is 0 Å². The van der Waals surface area contributed by atoms with Gasteiger partial charge in [0.1, 0.15) is 12.4 Å². The SMILES string of the molecule is Cc1cc(C)cc(OCCN(C)C(=O)C2CC(=O)N(C3CCCC3)C2)c1. The van der Waals surface area contributed by atoms with Crippen molar-refractivity contribution in [3.05, 3.63) is 29.3 Å². The number of benzene rings is 1. The lowest BCUT2D eigenvalue weighted by molar-refractivity contribution is -0.135. The predicted molar refractivity (Wildman–Crippen MR) is 101 cm³/mol. The summed E-state index contributed by atoms with van der Waals surface area (Å²) in [6, 6.07) is 6.47. The minimum Gasteiger partial charge on any atom is -0.492 e. The molecule has 1 aliphatic carbocycles. The zero-order valence-corrected chi connectivity index (χ0v) is 16.2. The van der Waals surface area contributed by atoms with Crippen molar-refractivity contribution in [2.24, 2.45) is 5.92 Å². The lowest BCUT2D eigenvalue weighted by Crippen LogP contribution is -2.38. The van der Waals surface area contributed by atoms with Crippen LogP contribution in [0.4, 0.5) is 0 Å². The predicted octanol–water partition coefficient (Wildman–Crippen LogP) is 2.93. The van der Waals surface area contributed by atoms with Crippen LogP contribution in [0.1, 0.15) is 43.2 Å². The van der Waals surface area contributed by atoms with E-state index in [1.807, 2.05) is 30.9 Å². The second kappa shape index (κ2) is 8.11. The molecule has 5 nitrogen and oxygen atoms in total. The molecule has 1 aliphatic heterocycles. The van der Waals surface area contributed by atoms with Crippen molar-refractivity contribution in [2.75, 3.05) is 26.7 Å². The number of hydrogen-bond acceptors (Lipinski definition) is 3. The van der Waals surface area contributed by atoms with Crippen LogP contribution in [0, 0.1) is 19.8 Å². The molecule has 1 atom stereocenters. The van der Waals surface area contributed by atoms with Crippen molar-refractivity contribution in [2.45, 2.75) is 52.0 Å². The highest BCUT2D eigenvalue weighted by Crippen LogP contribution is 2.30. The van der Waals surface area contributed by atoms with Gasteiger partial charge in [0.05, 0.1) is 12.5 Å². The Morgan fingerprint density at radius 3 is 2.50 bits per heavy atom. The molecule has 3 rings (SSSR count). The van der Waals surface area contributed by atoms with Gasteiger partial charge in [-0.15, -0.1) is 0 Å². The smallest absolute Gasteiger partial charge is 0.227 e. The Kier molecular flexibility index (Phi) is 5.84. The summed E-state index contributed by atoms with van der Waals surface area (Å²) in [4.78, 5) is 28.6. The van der Waals surface area contributed by atoms with E-state index in [0.717, 1.165) is 18.6 Å². The summed E-state index contributed by atoms with van der Waals surface area (Å²) in [7, 11) is 1.80. The van der Waals surface area contributed by atoms with Gasteiger partial charge in [-0.1, -0.05) is 18.9 Å². The van der Waals surface area contributed by atoms with Gasteiger partial charge in [0.25, 0.3) is 0 Å². The van der Waals surface area contributed by atoms with Gasteiger partial charge < -0.3 is 14.5 Å². The number of likely N-dealkylation sites (tertiary alicyclic amines) is 1. The molecule has 0 radical (unpaired) electrons. The normalized spacial score (nSPS) is 20.7. The first kappa shape index (κ1) is 18.7. The molecule has 2 fully saturated rings. The van der Waals surface area contributed by atoms with E-state index in [9.17, 15) is 9.59 Å². The van der Waals surface area contributed by atoms with Crippen molar-refractivity contribution in [3.63, 3.8) is 0 Å². The molecular formula is C21H30N2O3. The third-order valence-corrected chi connectivity index (χ3v) is 5.54. The Labute approximate surface area is 156 Å². The first-order chi connectivity index (χ1) is 12.4. The lowest BCUT2D eigenvalue weighted by atomic mass is 10.1. The largest absolute Gasteiger partial charge is 0.492 e. The highest BCUT2D eigenvalue weighted by atomic mass is 16.5. The number of carbonyl (C=O) groups excluding carboxylic acids is 2. The average molecular weight is 358 g/mol. The van der Waals surface area contributed by atoms with E-state index < -0.39 is 0 Å². The molecule has 1 heterocycles. The van der Waals surface area contributed by atoms with Crippen LogP contribution in [0.15, 0.2) is 18.2 Å². The highest BCUT2D eigenvalue weighted by Gasteiger charge is 2.39. The standard InChI is InChI=1S/C21H30N2O3/c1-15-10-16(2)12-19(11-15)26-9-8-22(3)21(25)17-13-20(24)23(14-17)18-6-4-5-7-18/h10-12,17-18H,4-9,13-14H2,1-3H3. The molecule has 142 valence electrons. The first-order valence-corrected chi connectivity index (χ1v) is 9.69. The number of likely N-dealkylation sites (N-methyl/N-ethyl adjacent to an activating group) is 1. The quantitative estimate of drug-likeness (QED) is 0.786. The molecule has 1 aromatic carbocycles. The van der Waals surface area contributed by atoms with Crippen LogP contribution in [-0.2, 0) is 9.59 Å². The Hall–Kier alpha value is -2.04. The summed E-state index contributed by atoms with van der Waals surface area (Å²) < 4.78 is 5.80. The topological polar surface area (TPSA) is 49.9 Å². The number of nitrogens with zero attached hydrogens (tertiary/aromatic N) is 2. The van der Waals surface area contributed by atoms with Crippen LogP contribution in [0.2, 0.25) is 0 Å². The minimum absolute atomic E-state index is 0.0582. The van der Waals surface area contributed by atoms with E-state index in [2.05, 4.69) is 6.07 Å². The van der Waals surface area contributed by atoms with Crippen LogP contribution < -0.4 is 4.74 Å². The number of ether oxygens (including phenoxy) is 1. The van der Waals surface area contributed by atoms with Gasteiger partial charge in [-0.2, -0.15) is 0 Å². The Balaban J connectivity index is 1.47. The number of aryl methyl sites for hydroxylation is 2. The molecule has 0 aromatic heterocycles. The van der Waals surface area contributed by atoms with Crippen LogP contribution in [-0.4, -0.2) is 54.4 Å². The summed E-state index contributed by atoms with van der Waals surface area (Å²) in [5.74, 6) is 0.846. The second-order valence-corrected chi connectivity index (χ2v) is 7.82. The zero-order chi connectivity index (χ0) is 18.7. The molecule has 1 aromatic rings. The minimum atomic E-state index is -0.200. The van der Waals surface area contributed by atoms with Crippen molar-refractivity contribution in [3.8, 4) is 5.75 Å². The van der Waals surface area contributed by atoms with E-state index >= 15 is 0 Å². The molecule has 1 unspecified atom stereocenters. The van der Waals surface area contributed by atoms with E-state index in [-0.39, 0.29) is 17.7 Å². The molecule has 0 spiro atoms. The van der Waals surface area contributed by atoms with Crippen LogP contribution >= 0.6 is 0 Å². The Morgan fingerprint density at radius 1 is 1.19 bits per heavy atom. The fourth-order valence-corrected chi connectivity index (χ4v) is 4.20. The summed E-state index contributed by atoms with van der Waals surface area (Å²) in [5, 5.41) is 0. The molecule has 5 heteroatoms. The summed E-state index contributed by atoms with van der Waals surface area (Å²) in [6.07, 6.45) is 4.93. The molecule has 26 heavy (non-hydrogen) atoms. The molecule has 1 saturated carbocycles. The van der Waals surface area contributed by atoms with Crippen LogP contribution in [0.5, 0.6) is 5.75 Å². The van der Waals surface area contributed by atoms with Crippen LogP contribution in [0.25, 0.3) is 0 Å². The van der Waals surface area contributed by atoms with Gasteiger partial charge in [0.2, 0.25) is 11.8 Å². The Bertz CT molecular complexity index is 647. The van der Waals surface area contributed by atoms with Gasteiger partial charge in [0, 0.05) is 26.1 Å². The van der Waals surface area contributed by atoms with E-state index in [1.165, 1.54) is 24.0 Å². The van der Waals surface area contributed by atoms with Gasteiger partial charge in [-0.3, -0.25) is 9.59 Å². The number of amides is 2. The third-order valence-electron chi connectivity index (χ3n) is 5.54. The highest BCUT2D eigenvalue weighted by molar-refractivity contribution is 5.89. The lowest BCUT2D eigenvalue weighted by Gasteiger charge is -2.25. The van der Waals surface area contributed by atoms with E-state index in [0.29, 0.717) is 32.2 Å². The molecule has 0 N–H and O–H groups in total. The third kappa shape index (κ3) is 4.37. The second-order valence-electron chi connectivity index (χ2n) is 7.82. The summed E-state index contributed by atoms with van der Waals surface area (Å²) >= 11 is 0. The summed E-state index contributed by atoms with van der Waals surface area (Å²) in [5.41, 5.74) is 2.34.